The van der Waals surface area contributed by atoms with Gasteiger partial charge in [-0.2, -0.15) is 0 Å². The van der Waals surface area contributed by atoms with Gasteiger partial charge in [0.05, 0.1) is 11.9 Å². The average molecular weight is 349 g/mol. The lowest BCUT2D eigenvalue weighted by Crippen LogP contribution is -2.13. The van der Waals surface area contributed by atoms with Crippen LogP contribution in [0.25, 0.3) is 0 Å². The number of hydrogen-bond acceptors (Lipinski definition) is 5. The zero-order valence-corrected chi connectivity index (χ0v) is 14.3. The van der Waals surface area contributed by atoms with Crippen LogP contribution < -0.4 is 15.8 Å². The first kappa shape index (κ1) is 17.3. The van der Waals surface area contributed by atoms with Crippen LogP contribution in [0.1, 0.15) is 11.1 Å². The molecule has 0 spiro atoms. The van der Waals surface area contributed by atoms with E-state index in [1.165, 1.54) is 6.20 Å². The molecule has 2 aromatic carbocycles. The number of carbonyl (C=O) groups is 1. The Kier molecular flexibility index (Phi) is 5.34. The number of anilines is 2. The van der Waals surface area contributed by atoms with Gasteiger partial charge >= 0.3 is 6.09 Å². The standard InChI is InChI=1S/C20H19N3O3/c1-14-7-9-17(11-18(14)26-19-10-8-16(21)12-22-19)23-20(24)25-13-15-5-3-2-4-6-15/h2-12H,13,21H2,1H3,(H,23,24). The number of rotatable bonds is 5. The van der Waals surface area contributed by atoms with E-state index in [0.29, 0.717) is 23.0 Å². The van der Waals surface area contributed by atoms with E-state index in [1.807, 2.05) is 43.3 Å². The summed E-state index contributed by atoms with van der Waals surface area (Å²) in [5, 5.41) is 2.69. The largest absolute Gasteiger partial charge is 0.444 e. The third-order valence-electron chi connectivity index (χ3n) is 3.62. The molecule has 0 saturated heterocycles. The second-order valence-electron chi connectivity index (χ2n) is 5.70. The van der Waals surface area contributed by atoms with Crippen LogP contribution in [-0.2, 0) is 11.3 Å². The van der Waals surface area contributed by atoms with Crippen molar-refractivity contribution in [3.8, 4) is 11.6 Å². The van der Waals surface area contributed by atoms with Gasteiger partial charge in [-0.1, -0.05) is 36.4 Å². The maximum Gasteiger partial charge on any atom is 0.411 e. The third kappa shape index (κ3) is 4.73. The van der Waals surface area contributed by atoms with E-state index < -0.39 is 6.09 Å². The minimum Gasteiger partial charge on any atom is -0.444 e. The summed E-state index contributed by atoms with van der Waals surface area (Å²) in [6, 6.07) is 18.2. The van der Waals surface area contributed by atoms with E-state index in [4.69, 9.17) is 15.2 Å². The van der Waals surface area contributed by atoms with Crippen molar-refractivity contribution < 1.29 is 14.3 Å². The monoisotopic (exact) mass is 349 g/mol. The molecule has 0 saturated carbocycles. The fourth-order valence-corrected chi connectivity index (χ4v) is 2.23. The molecule has 6 nitrogen and oxygen atoms in total. The van der Waals surface area contributed by atoms with Crippen molar-refractivity contribution in [1.29, 1.82) is 0 Å². The first-order valence-corrected chi connectivity index (χ1v) is 8.08. The molecule has 132 valence electrons. The molecule has 1 amide bonds. The molecule has 3 N–H and O–H groups in total. The summed E-state index contributed by atoms with van der Waals surface area (Å²) in [6.07, 6.45) is 0.988. The maximum absolute atomic E-state index is 12.0. The number of amides is 1. The van der Waals surface area contributed by atoms with E-state index in [1.54, 1.807) is 24.3 Å². The number of aromatic nitrogens is 1. The summed E-state index contributed by atoms with van der Waals surface area (Å²) in [4.78, 5) is 16.1. The van der Waals surface area contributed by atoms with E-state index in [-0.39, 0.29) is 6.61 Å². The Labute approximate surface area is 151 Å². The molecule has 3 aromatic rings. The van der Waals surface area contributed by atoms with Gasteiger partial charge in [0.15, 0.2) is 0 Å². The summed E-state index contributed by atoms with van der Waals surface area (Å²) in [5.41, 5.74) is 8.58. The molecule has 0 unspecified atom stereocenters. The molecule has 1 aromatic heterocycles. The van der Waals surface area contributed by atoms with Gasteiger partial charge in [-0.3, -0.25) is 5.32 Å². The number of nitrogen functional groups attached to an aromatic ring is 1. The summed E-state index contributed by atoms with van der Waals surface area (Å²) in [6.45, 7) is 2.11. The number of benzene rings is 2. The molecular formula is C20H19N3O3. The van der Waals surface area contributed by atoms with Gasteiger partial charge in [-0.15, -0.1) is 0 Å². The van der Waals surface area contributed by atoms with E-state index in [9.17, 15) is 4.79 Å². The van der Waals surface area contributed by atoms with Crippen LogP contribution in [0.15, 0.2) is 66.9 Å². The quantitative estimate of drug-likeness (QED) is 0.707. The zero-order valence-electron chi connectivity index (χ0n) is 14.3. The first-order valence-electron chi connectivity index (χ1n) is 8.08. The predicted octanol–water partition coefficient (Wildman–Crippen LogP) is 4.51. The summed E-state index contributed by atoms with van der Waals surface area (Å²) >= 11 is 0. The van der Waals surface area contributed by atoms with Crippen LogP contribution in [-0.4, -0.2) is 11.1 Å². The predicted molar refractivity (Wildman–Crippen MR) is 100 cm³/mol. The minimum absolute atomic E-state index is 0.206. The fourth-order valence-electron chi connectivity index (χ4n) is 2.23. The number of nitrogens with two attached hydrogens (primary N) is 1. The van der Waals surface area contributed by atoms with Gasteiger partial charge in [0.2, 0.25) is 5.88 Å². The Morgan fingerprint density at radius 3 is 2.65 bits per heavy atom. The van der Waals surface area contributed by atoms with Crippen molar-refractivity contribution in [1.82, 2.24) is 4.98 Å². The Bertz CT molecular complexity index is 881. The number of carbonyl (C=O) groups excluding carboxylic acids is 1. The van der Waals surface area contributed by atoms with Gasteiger partial charge < -0.3 is 15.2 Å². The molecule has 0 atom stereocenters. The molecule has 0 aliphatic carbocycles. The fraction of sp³-hybridized carbons (Fsp3) is 0.100. The van der Waals surface area contributed by atoms with Crippen LogP contribution in [0.4, 0.5) is 16.2 Å². The molecule has 6 heteroatoms. The molecule has 3 rings (SSSR count). The van der Waals surface area contributed by atoms with E-state index in [0.717, 1.165) is 11.1 Å². The highest BCUT2D eigenvalue weighted by Gasteiger charge is 2.08. The van der Waals surface area contributed by atoms with Gasteiger partial charge in [-0.05, 0) is 30.2 Å². The van der Waals surface area contributed by atoms with Crippen molar-refractivity contribution in [2.75, 3.05) is 11.1 Å². The number of nitrogens with one attached hydrogen (secondary N) is 1. The van der Waals surface area contributed by atoms with Crippen molar-refractivity contribution in [2.45, 2.75) is 13.5 Å². The van der Waals surface area contributed by atoms with Gasteiger partial charge in [-0.25, -0.2) is 9.78 Å². The van der Waals surface area contributed by atoms with Crippen LogP contribution in [0.5, 0.6) is 11.6 Å². The lowest BCUT2D eigenvalue weighted by atomic mass is 10.2. The summed E-state index contributed by atoms with van der Waals surface area (Å²) < 4.78 is 11.0. The third-order valence-corrected chi connectivity index (χ3v) is 3.62. The Hall–Kier alpha value is -3.54. The topological polar surface area (TPSA) is 86.5 Å². The molecule has 1 heterocycles. The lowest BCUT2D eigenvalue weighted by molar-refractivity contribution is 0.155. The number of nitrogens with zero attached hydrogens (tertiary/aromatic N) is 1. The van der Waals surface area contributed by atoms with Gasteiger partial charge in [0.1, 0.15) is 12.4 Å². The molecule has 0 fully saturated rings. The van der Waals surface area contributed by atoms with Crippen molar-refractivity contribution in [3.63, 3.8) is 0 Å². The molecule has 0 aliphatic rings. The summed E-state index contributed by atoms with van der Waals surface area (Å²) in [7, 11) is 0. The Morgan fingerprint density at radius 2 is 1.92 bits per heavy atom. The van der Waals surface area contributed by atoms with Crippen LogP contribution in [0.2, 0.25) is 0 Å². The molecule has 0 bridgehead atoms. The molecular weight excluding hydrogens is 330 g/mol. The highest BCUT2D eigenvalue weighted by atomic mass is 16.5. The smallest absolute Gasteiger partial charge is 0.411 e. The van der Waals surface area contributed by atoms with E-state index >= 15 is 0 Å². The van der Waals surface area contributed by atoms with Crippen LogP contribution in [0, 0.1) is 6.92 Å². The maximum atomic E-state index is 12.0. The van der Waals surface area contributed by atoms with Crippen LogP contribution >= 0.6 is 0 Å². The number of aryl methyl sites for hydroxylation is 1. The average Bonchev–Trinajstić information content (AvgIpc) is 2.65. The van der Waals surface area contributed by atoms with Crippen molar-refractivity contribution in [3.05, 3.63) is 78.0 Å². The van der Waals surface area contributed by atoms with E-state index in [2.05, 4.69) is 10.3 Å². The number of hydrogen-bond donors (Lipinski definition) is 2. The van der Waals surface area contributed by atoms with Crippen LogP contribution in [0.3, 0.4) is 0 Å². The van der Waals surface area contributed by atoms with Gasteiger partial charge in [0.25, 0.3) is 0 Å². The molecule has 0 radical (unpaired) electrons. The SMILES string of the molecule is Cc1ccc(NC(=O)OCc2ccccc2)cc1Oc1ccc(N)cn1. The molecule has 0 aliphatic heterocycles. The number of ether oxygens (including phenoxy) is 2. The Morgan fingerprint density at radius 1 is 1.12 bits per heavy atom. The summed E-state index contributed by atoms with van der Waals surface area (Å²) in [5.74, 6) is 1.01. The highest BCUT2D eigenvalue weighted by Crippen LogP contribution is 2.27. The normalized spacial score (nSPS) is 10.2. The highest BCUT2D eigenvalue weighted by molar-refractivity contribution is 5.85. The lowest BCUT2D eigenvalue weighted by Gasteiger charge is -2.11. The molecule has 26 heavy (non-hydrogen) atoms. The van der Waals surface area contributed by atoms with Crippen molar-refractivity contribution in [2.24, 2.45) is 0 Å². The number of pyridine rings is 1. The van der Waals surface area contributed by atoms with Crippen molar-refractivity contribution >= 4 is 17.5 Å². The minimum atomic E-state index is -0.533. The van der Waals surface area contributed by atoms with Gasteiger partial charge in [0, 0.05) is 17.8 Å². The second-order valence-corrected chi connectivity index (χ2v) is 5.70. The zero-order chi connectivity index (χ0) is 18.4. The Balaban J connectivity index is 1.63. The second kappa shape index (κ2) is 8.02. The first-order chi connectivity index (χ1) is 12.6.